The van der Waals surface area contributed by atoms with Gasteiger partial charge in [-0.3, -0.25) is 0 Å². The van der Waals surface area contributed by atoms with Gasteiger partial charge in [-0.2, -0.15) is 4.31 Å². The lowest BCUT2D eigenvalue weighted by Gasteiger charge is -2.36. The van der Waals surface area contributed by atoms with Crippen LogP contribution in [0, 0.1) is 0 Å². The molecule has 1 saturated heterocycles. The largest absolute Gasteiger partial charge is 0.375 e. The van der Waals surface area contributed by atoms with Crippen molar-refractivity contribution in [3.05, 3.63) is 35.9 Å². The summed E-state index contributed by atoms with van der Waals surface area (Å²) in [7, 11) is -3.18. The fraction of sp³-hybridized carbons (Fsp3) is 0.600. The highest BCUT2D eigenvalue weighted by atomic mass is 32.2. The molecule has 0 spiro atoms. The smallest absolute Gasteiger partial charge is 0.214 e. The van der Waals surface area contributed by atoms with Crippen LogP contribution in [0.15, 0.2) is 30.3 Å². The van der Waals surface area contributed by atoms with E-state index in [9.17, 15) is 8.42 Å². The molecule has 1 fully saturated rings. The molecule has 2 unspecified atom stereocenters. The molecule has 1 aliphatic heterocycles. The molecular formula is C15H23NO3S. The number of hydrogen-bond acceptors (Lipinski definition) is 3. The molecule has 0 saturated carbocycles. The van der Waals surface area contributed by atoms with Crippen molar-refractivity contribution in [2.75, 3.05) is 18.9 Å². The maximum absolute atomic E-state index is 12.4. The van der Waals surface area contributed by atoms with Crippen molar-refractivity contribution in [3.63, 3.8) is 0 Å². The Morgan fingerprint density at radius 3 is 2.65 bits per heavy atom. The minimum absolute atomic E-state index is 0.0346. The Labute approximate surface area is 121 Å². The van der Waals surface area contributed by atoms with Gasteiger partial charge >= 0.3 is 0 Å². The third-order valence-corrected chi connectivity index (χ3v) is 5.93. The van der Waals surface area contributed by atoms with Crippen LogP contribution in [0.25, 0.3) is 0 Å². The summed E-state index contributed by atoms with van der Waals surface area (Å²) in [5.41, 5.74) is 1.19. The zero-order chi connectivity index (χ0) is 14.6. The summed E-state index contributed by atoms with van der Waals surface area (Å²) in [6.07, 6.45) is 1.42. The van der Waals surface area contributed by atoms with E-state index < -0.39 is 10.0 Å². The van der Waals surface area contributed by atoms with Gasteiger partial charge in [-0.1, -0.05) is 30.3 Å². The zero-order valence-electron chi connectivity index (χ0n) is 12.2. The van der Waals surface area contributed by atoms with Crippen molar-refractivity contribution >= 4 is 10.0 Å². The molecule has 0 N–H and O–H groups in total. The van der Waals surface area contributed by atoms with Crippen molar-refractivity contribution < 1.29 is 13.2 Å². The van der Waals surface area contributed by atoms with E-state index in [1.807, 2.05) is 44.2 Å². The van der Waals surface area contributed by atoms with Gasteiger partial charge in [0.2, 0.25) is 10.0 Å². The normalized spacial score (nSPS) is 24.7. The Bertz CT molecular complexity index is 515. The van der Waals surface area contributed by atoms with Crippen LogP contribution in [0.1, 0.15) is 25.8 Å². The van der Waals surface area contributed by atoms with E-state index in [4.69, 9.17) is 4.74 Å². The maximum Gasteiger partial charge on any atom is 0.214 e. The standard InChI is InChI=1S/C15H23NO3S/c1-13-14(2)19-11-10-16(13)20(17,18)12-6-9-15-7-4-3-5-8-15/h3-5,7-8,13-14H,6,9-12H2,1-2H3. The summed E-state index contributed by atoms with van der Waals surface area (Å²) >= 11 is 0. The highest BCUT2D eigenvalue weighted by Crippen LogP contribution is 2.18. The number of aryl methyl sites for hydroxylation is 1. The van der Waals surface area contributed by atoms with Crippen molar-refractivity contribution in [2.24, 2.45) is 0 Å². The quantitative estimate of drug-likeness (QED) is 0.836. The second-order valence-corrected chi connectivity index (χ2v) is 7.37. The molecule has 1 aromatic rings. The van der Waals surface area contributed by atoms with E-state index >= 15 is 0 Å². The Morgan fingerprint density at radius 1 is 1.25 bits per heavy atom. The Morgan fingerprint density at radius 2 is 1.95 bits per heavy atom. The first-order valence-electron chi connectivity index (χ1n) is 7.16. The first-order valence-corrected chi connectivity index (χ1v) is 8.76. The lowest BCUT2D eigenvalue weighted by Crippen LogP contribution is -2.51. The van der Waals surface area contributed by atoms with Crippen LogP contribution in [0.4, 0.5) is 0 Å². The third kappa shape index (κ3) is 3.81. The minimum Gasteiger partial charge on any atom is -0.375 e. The first kappa shape index (κ1) is 15.5. The summed E-state index contributed by atoms with van der Waals surface area (Å²) in [6.45, 7) is 4.80. The van der Waals surface area contributed by atoms with Crippen LogP contribution in [0.2, 0.25) is 0 Å². The van der Waals surface area contributed by atoms with Crippen LogP contribution in [-0.4, -0.2) is 43.8 Å². The van der Waals surface area contributed by atoms with Crippen molar-refractivity contribution in [1.29, 1.82) is 0 Å². The second kappa shape index (κ2) is 6.70. The molecule has 0 bridgehead atoms. The number of ether oxygens (including phenoxy) is 1. The lowest BCUT2D eigenvalue weighted by molar-refractivity contribution is -0.0231. The average molecular weight is 297 g/mol. The molecule has 1 heterocycles. The van der Waals surface area contributed by atoms with E-state index in [-0.39, 0.29) is 17.9 Å². The first-order chi connectivity index (χ1) is 9.50. The highest BCUT2D eigenvalue weighted by molar-refractivity contribution is 7.89. The molecule has 2 rings (SSSR count). The van der Waals surface area contributed by atoms with Crippen LogP contribution < -0.4 is 0 Å². The van der Waals surface area contributed by atoms with Crippen LogP contribution in [0.5, 0.6) is 0 Å². The summed E-state index contributed by atoms with van der Waals surface area (Å²) in [5, 5.41) is 0. The molecule has 4 nitrogen and oxygen atoms in total. The summed E-state index contributed by atoms with van der Waals surface area (Å²) in [5.74, 6) is 0.207. The number of sulfonamides is 1. The van der Waals surface area contributed by atoms with E-state index in [0.717, 1.165) is 6.42 Å². The Balaban J connectivity index is 1.90. The predicted octanol–water partition coefficient (Wildman–Crippen LogP) is 2.06. The monoisotopic (exact) mass is 297 g/mol. The van der Waals surface area contributed by atoms with Crippen molar-refractivity contribution in [1.82, 2.24) is 4.31 Å². The van der Waals surface area contributed by atoms with Gasteiger partial charge in [-0.05, 0) is 32.3 Å². The highest BCUT2D eigenvalue weighted by Gasteiger charge is 2.33. The second-order valence-electron chi connectivity index (χ2n) is 5.33. The minimum atomic E-state index is -3.18. The van der Waals surface area contributed by atoms with Gasteiger partial charge in [-0.25, -0.2) is 8.42 Å². The van der Waals surface area contributed by atoms with Gasteiger partial charge in [-0.15, -0.1) is 0 Å². The Kier molecular flexibility index (Phi) is 5.18. The van der Waals surface area contributed by atoms with Gasteiger partial charge < -0.3 is 4.74 Å². The van der Waals surface area contributed by atoms with Gasteiger partial charge in [0.25, 0.3) is 0 Å². The van der Waals surface area contributed by atoms with Gasteiger partial charge in [0.1, 0.15) is 0 Å². The van der Waals surface area contributed by atoms with Crippen LogP contribution >= 0.6 is 0 Å². The number of morpholine rings is 1. The molecule has 0 aliphatic carbocycles. The molecule has 5 heteroatoms. The van der Waals surface area contributed by atoms with Crippen molar-refractivity contribution in [2.45, 2.75) is 38.8 Å². The predicted molar refractivity (Wildman–Crippen MR) is 80.1 cm³/mol. The molecule has 1 aliphatic rings. The molecule has 0 amide bonds. The maximum atomic E-state index is 12.4. The molecule has 2 atom stereocenters. The molecule has 0 aromatic heterocycles. The zero-order valence-corrected chi connectivity index (χ0v) is 13.0. The molecule has 1 aromatic carbocycles. The Hall–Kier alpha value is -0.910. The lowest BCUT2D eigenvalue weighted by atomic mass is 10.1. The topological polar surface area (TPSA) is 46.6 Å². The summed E-state index contributed by atoms with van der Waals surface area (Å²) < 4.78 is 31.9. The number of nitrogens with zero attached hydrogens (tertiary/aromatic N) is 1. The molecule has 0 radical (unpaired) electrons. The number of rotatable bonds is 5. The fourth-order valence-corrected chi connectivity index (χ4v) is 4.29. The third-order valence-electron chi connectivity index (χ3n) is 3.89. The van der Waals surface area contributed by atoms with E-state index in [2.05, 4.69) is 0 Å². The molecule has 112 valence electrons. The molecular weight excluding hydrogens is 274 g/mol. The van der Waals surface area contributed by atoms with E-state index in [1.165, 1.54) is 5.56 Å². The van der Waals surface area contributed by atoms with Crippen LogP contribution in [0.3, 0.4) is 0 Å². The fourth-order valence-electron chi connectivity index (χ4n) is 2.52. The summed E-state index contributed by atoms with van der Waals surface area (Å²) in [4.78, 5) is 0. The van der Waals surface area contributed by atoms with Gasteiger partial charge in [0.15, 0.2) is 0 Å². The number of hydrogen-bond donors (Lipinski definition) is 0. The SMILES string of the molecule is CC1OCCN(S(=O)(=O)CCCc2ccccc2)C1C. The van der Waals surface area contributed by atoms with Crippen LogP contribution in [-0.2, 0) is 21.2 Å². The van der Waals surface area contributed by atoms with E-state index in [0.29, 0.717) is 19.6 Å². The summed E-state index contributed by atoms with van der Waals surface area (Å²) in [6, 6.07) is 9.92. The number of benzene rings is 1. The van der Waals surface area contributed by atoms with Crippen molar-refractivity contribution in [3.8, 4) is 0 Å². The van der Waals surface area contributed by atoms with E-state index in [1.54, 1.807) is 4.31 Å². The molecule has 20 heavy (non-hydrogen) atoms. The van der Waals surface area contributed by atoms with Gasteiger partial charge in [0, 0.05) is 12.6 Å². The van der Waals surface area contributed by atoms with Gasteiger partial charge in [0.05, 0.1) is 18.5 Å². The average Bonchev–Trinajstić information content (AvgIpc) is 2.42.